The van der Waals surface area contributed by atoms with E-state index in [0.717, 1.165) is 19.3 Å². The Morgan fingerprint density at radius 1 is 1.42 bits per heavy atom. The largest absolute Gasteiger partial charge is 0.350 e. The van der Waals surface area contributed by atoms with Crippen LogP contribution in [-0.4, -0.2) is 24.5 Å². The van der Waals surface area contributed by atoms with Crippen molar-refractivity contribution in [2.75, 3.05) is 6.54 Å². The molecule has 1 saturated carbocycles. The molecular formula is C9H14N2O. The van der Waals surface area contributed by atoms with Crippen molar-refractivity contribution in [3.8, 4) is 0 Å². The number of fused-ring (bicyclic) bond motifs is 1. The lowest BCUT2D eigenvalue weighted by atomic mass is 9.86. The van der Waals surface area contributed by atoms with E-state index in [9.17, 15) is 4.79 Å². The molecule has 0 aromatic carbocycles. The van der Waals surface area contributed by atoms with E-state index in [1.165, 1.54) is 5.57 Å². The second-order valence-corrected chi connectivity index (χ2v) is 3.65. The van der Waals surface area contributed by atoms with E-state index >= 15 is 0 Å². The van der Waals surface area contributed by atoms with Gasteiger partial charge in [0, 0.05) is 12.1 Å². The Labute approximate surface area is 72.2 Å². The Morgan fingerprint density at radius 3 is 3.08 bits per heavy atom. The molecule has 3 nitrogen and oxygen atoms in total. The molecule has 0 spiro atoms. The molecule has 1 amide bonds. The standard InChI is InChI=1S/C9H14N2O/c1-6-2-3-7-8(4-6)11-9(12)5-10-7/h7-8,10H,1-5H2,(H,11,12). The normalized spacial score (nSPS) is 35.7. The third-order valence-corrected chi connectivity index (χ3v) is 2.67. The van der Waals surface area contributed by atoms with Crippen molar-refractivity contribution >= 4 is 5.91 Å². The molecule has 2 rings (SSSR count). The maximum Gasteiger partial charge on any atom is 0.234 e. The molecule has 3 heteroatoms. The lowest BCUT2D eigenvalue weighted by Crippen LogP contribution is -2.59. The summed E-state index contributed by atoms with van der Waals surface area (Å²) in [7, 11) is 0. The molecule has 2 aliphatic rings. The molecule has 0 bridgehead atoms. The number of amides is 1. The number of nitrogens with one attached hydrogen (secondary N) is 2. The van der Waals surface area contributed by atoms with Gasteiger partial charge in [0.05, 0.1) is 6.54 Å². The van der Waals surface area contributed by atoms with E-state index in [4.69, 9.17) is 0 Å². The molecule has 2 N–H and O–H groups in total. The number of hydrogen-bond donors (Lipinski definition) is 2. The van der Waals surface area contributed by atoms with Crippen LogP contribution in [0.2, 0.25) is 0 Å². The summed E-state index contributed by atoms with van der Waals surface area (Å²) < 4.78 is 0. The molecule has 1 aliphatic carbocycles. The molecule has 2 unspecified atom stereocenters. The topological polar surface area (TPSA) is 41.1 Å². The maximum absolute atomic E-state index is 11.0. The fraction of sp³-hybridized carbons (Fsp3) is 0.667. The van der Waals surface area contributed by atoms with Gasteiger partial charge in [-0.1, -0.05) is 12.2 Å². The molecule has 0 radical (unpaired) electrons. The highest BCUT2D eigenvalue weighted by molar-refractivity contribution is 5.79. The molecular weight excluding hydrogens is 152 g/mol. The van der Waals surface area contributed by atoms with Crippen LogP contribution in [0.3, 0.4) is 0 Å². The fourth-order valence-electron chi connectivity index (χ4n) is 1.99. The first-order chi connectivity index (χ1) is 5.75. The van der Waals surface area contributed by atoms with Crippen LogP contribution in [0.5, 0.6) is 0 Å². The smallest absolute Gasteiger partial charge is 0.234 e. The van der Waals surface area contributed by atoms with Gasteiger partial charge in [0.1, 0.15) is 0 Å². The maximum atomic E-state index is 11.0. The molecule has 1 heterocycles. The number of carbonyl (C=O) groups excluding carboxylic acids is 1. The summed E-state index contributed by atoms with van der Waals surface area (Å²) in [6, 6.07) is 0.778. The Bertz CT molecular complexity index is 203. The quantitative estimate of drug-likeness (QED) is 0.504. The van der Waals surface area contributed by atoms with E-state index in [1.54, 1.807) is 0 Å². The summed E-state index contributed by atoms with van der Waals surface area (Å²) in [4.78, 5) is 11.0. The number of carbonyl (C=O) groups is 1. The van der Waals surface area contributed by atoms with Crippen molar-refractivity contribution in [2.24, 2.45) is 0 Å². The highest BCUT2D eigenvalue weighted by Crippen LogP contribution is 2.23. The molecule has 2 fully saturated rings. The molecule has 2 atom stereocenters. The second-order valence-electron chi connectivity index (χ2n) is 3.65. The number of hydrogen-bond acceptors (Lipinski definition) is 2. The molecule has 0 aromatic heterocycles. The van der Waals surface area contributed by atoms with Crippen molar-refractivity contribution in [2.45, 2.75) is 31.3 Å². The van der Waals surface area contributed by atoms with Gasteiger partial charge in [-0.25, -0.2) is 0 Å². The van der Waals surface area contributed by atoms with Gasteiger partial charge in [-0.15, -0.1) is 0 Å². The Hall–Kier alpha value is -0.830. The minimum Gasteiger partial charge on any atom is -0.350 e. The summed E-state index contributed by atoms with van der Waals surface area (Å²) >= 11 is 0. The number of rotatable bonds is 0. The van der Waals surface area contributed by atoms with Gasteiger partial charge in [0.15, 0.2) is 0 Å². The number of piperazine rings is 1. The molecule has 12 heavy (non-hydrogen) atoms. The van der Waals surface area contributed by atoms with Crippen LogP contribution >= 0.6 is 0 Å². The third-order valence-electron chi connectivity index (χ3n) is 2.67. The highest BCUT2D eigenvalue weighted by Gasteiger charge is 2.31. The van der Waals surface area contributed by atoms with Gasteiger partial charge in [0.2, 0.25) is 5.91 Å². The average molecular weight is 166 g/mol. The van der Waals surface area contributed by atoms with Gasteiger partial charge in [-0.2, -0.15) is 0 Å². The van der Waals surface area contributed by atoms with Crippen molar-refractivity contribution in [1.82, 2.24) is 10.6 Å². The first-order valence-electron chi connectivity index (χ1n) is 4.45. The molecule has 1 aliphatic heterocycles. The zero-order chi connectivity index (χ0) is 8.55. The highest BCUT2D eigenvalue weighted by atomic mass is 16.2. The minimum atomic E-state index is 0.117. The first kappa shape index (κ1) is 7.80. The zero-order valence-corrected chi connectivity index (χ0v) is 7.10. The van der Waals surface area contributed by atoms with Gasteiger partial charge < -0.3 is 10.6 Å². The lowest BCUT2D eigenvalue weighted by Gasteiger charge is -2.37. The van der Waals surface area contributed by atoms with E-state index < -0.39 is 0 Å². The van der Waals surface area contributed by atoms with E-state index in [2.05, 4.69) is 17.2 Å². The lowest BCUT2D eigenvalue weighted by molar-refractivity contribution is -0.123. The Kier molecular flexibility index (Phi) is 1.89. The van der Waals surface area contributed by atoms with E-state index in [-0.39, 0.29) is 5.91 Å². The van der Waals surface area contributed by atoms with Crippen LogP contribution in [0.25, 0.3) is 0 Å². The van der Waals surface area contributed by atoms with Crippen LogP contribution < -0.4 is 10.6 Å². The van der Waals surface area contributed by atoms with Gasteiger partial charge in [0.25, 0.3) is 0 Å². The zero-order valence-electron chi connectivity index (χ0n) is 7.10. The van der Waals surface area contributed by atoms with Crippen molar-refractivity contribution in [3.63, 3.8) is 0 Å². The average Bonchev–Trinajstić information content (AvgIpc) is 2.03. The second kappa shape index (κ2) is 2.90. The predicted molar refractivity (Wildman–Crippen MR) is 46.7 cm³/mol. The summed E-state index contributed by atoms with van der Waals surface area (Å²) in [6.45, 7) is 4.43. The summed E-state index contributed by atoms with van der Waals surface area (Å²) in [5.41, 5.74) is 1.26. The van der Waals surface area contributed by atoms with Crippen LogP contribution in [0.15, 0.2) is 12.2 Å². The summed E-state index contributed by atoms with van der Waals surface area (Å²) in [5.74, 6) is 0.117. The van der Waals surface area contributed by atoms with Gasteiger partial charge >= 0.3 is 0 Å². The molecule has 0 aromatic rings. The summed E-state index contributed by atoms with van der Waals surface area (Å²) in [5, 5.41) is 6.22. The van der Waals surface area contributed by atoms with Crippen molar-refractivity contribution < 1.29 is 4.79 Å². The first-order valence-corrected chi connectivity index (χ1v) is 4.45. The molecule has 66 valence electrons. The van der Waals surface area contributed by atoms with Crippen LogP contribution in [0.4, 0.5) is 0 Å². The fourth-order valence-corrected chi connectivity index (χ4v) is 1.99. The predicted octanol–water partition coefficient (Wildman–Crippen LogP) is 0.183. The third kappa shape index (κ3) is 1.37. The van der Waals surface area contributed by atoms with Crippen molar-refractivity contribution in [3.05, 3.63) is 12.2 Å². The SMILES string of the molecule is C=C1CCC2NCC(=O)NC2C1. The minimum absolute atomic E-state index is 0.117. The van der Waals surface area contributed by atoms with E-state index in [1.807, 2.05) is 0 Å². The monoisotopic (exact) mass is 166 g/mol. The van der Waals surface area contributed by atoms with Crippen molar-refractivity contribution in [1.29, 1.82) is 0 Å². The Morgan fingerprint density at radius 2 is 2.25 bits per heavy atom. The Balaban J connectivity index is 2.03. The van der Waals surface area contributed by atoms with Crippen LogP contribution in [0.1, 0.15) is 19.3 Å². The van der Waals surface area contributed by atoms with Crippen LogP contribution in [-0.2, 0) is 4.79 Å². The van der Waals surface area contributed by atoms with Crippen LogP contribution in [0, 0.1) is 0 Å². The van der Waals surface area contributed by atoms with Gasteiger partial charge in [-0.05, 0) is 19.3 Å². The summed E-state index contributed by atoms with van der Waals surface area (Å²) in [6.07, 6.45) is 3.16. The van der Waals surface area contributed by atoms with E-state index in [0.29, 0.717) is 18.6 Å². The molecule has 1 saturated heterocycles. The van der Waals surface area contributed by atoms with Gasteiger partial charge in [-0.3, -0.25) is 4.79 Å².